The molecule has 0 spiro atoms. The Labute approximate surface area is 548 Å². The van der Waals surface area contributed by atoms with E-state index in [1.165, 1.54) is 140 Å². The zero-order valence-electron chi connectivity index (χ0n) is 55.4. The third-order valence-electron chi connectivity index (χ3n) is 18.8. The smallest absolute Gasteiger partial charge is 0.399 e. The highest BCUT2D eigenvalue weighted by molar-refractivity contribution is 9.10. The van der Waals surface area contributed by atoms with Crippen LogP contribution in [0.3, 0.4) is 0 Å². The van der Waals surface area contributed by atoms with Crippen LogP contribution in [0.4, 0.5) is 0 Å². The Morgan fingerprint density at radius 2 is 0.534 bits per heavy atom. The second-order valence-electron chi connectivity index (χ2n) is 26.9. The molecule has 0 bridgehead atoms. The number of nitrogens with zero attached hydrogens (tertiary/aromatic N) is 3. The van der Waals surface area contributed by atoms with Gasteiger partial charge in [0, 0.05) is 25.6 Å². The van der Waals surface area contributed by atoms with Gasteiger partial charge in [-0.3, -0.25) is 0 Å². The third kappa shape index (κ3) is 19.6. The number of rotatable bonds is 30. The molecular weight excluding hydrogens is 1210 g/mol. The SMILES string of the molecule is CCCCCCc1cc(B2OC(C)(C)C(C)(C)O2)c(CCCCCC)cc1B1OC(C)(C)C(C)(C)O1.CCCCCCc1ccc(-c2nc(-c3ccc(CCCCc4ccc(Br)cc4)cc3)nc(-c3ccc(CCCCc4ccc(Br)cc4)cc3)n2)cc1. The maximum atomic E-state index is 6.56. The van der Waals surface area contributed by atoms with Gasteiger partial charge in [-0.25, -0.2) is 15.0 Å². The number of aryl methyl sites for hydroxylation is 7. The van der Waals surface area contributed by atoms with Gasteiger partial charge in [0.25, 0.3) is 0 Å². The Bertz CT molecular complexity index is 3020. The molecule has 7 nitrogen and oxygen atoms in total. The van der Waals surface area contributed by atoms with Crippen molar-refractivity contribution in [3.05, 3.63) is 181 Å². The van der Waals surface area contributed by atoms with E-state index in [9.17, 15) is 0 Å². The molecule has 88 heavy (non-hydrogen) atoms. The molecule has 11 heteroatoms. The Hall–Kier alpha value is -4.74. The fraction of sp³-hybridized carbons (Fsp3) is 0.494. The minimum absolute atomic E-state index is 0.349. The molecule has 3 heterocycles. The monoisotopic (exact) mass is 1310 g/mol. The minimum atomic E-state index is -0.358. The van der Waals surface area contributed by atoms with Gasteiger partial charge in [0.15, 0.2) is 17.5 Å². The van der Waals surface area contributed by atoms with Crippen molar-refractivity contribution in [3.63, 3.8) is 0 Å². The predicted octanol–water partition coefficient (Wildman–Crippen LogP) is 20.2. The second kappa shape index (κ2) is 33.0. The molecule has 9 rings (SSSR count). The van der Waals surface area contributed by atoms with Crippen LogP contribution in [0.2, 0.25) is 0 Å². The highest BCUT2D eigenvalue weighted by atomic mass is 79.9. The van der Waals surface area contributed by atoms with Crippen molar-refractivity contribution in [1.29, 1.82) is 0 Å². The summed E-state index contributed by atoms with van der Waals surface area (Å²) in [7, 11) is -0.698. The molecule has 1 aromatic heterocycles. The van der Waals surface area contributed by atoms with Crippen LogP contribution in [0.25, 0.3) is 34.2 Å². The average molecular weight is 1310 g/mol. The molecule has 0 radical (unpaired) electrons. The maximum absolute atomic E-state index is 6.56. The molecule has 0 N–H and O–H groups in total. The Morgan fingerprint density at radius 3 is 0.784 bits per heavy atom. The van der Waals surface area contributed by atoms with Gasteiger partial charge in [0.1, 0.15) is 0 Å². The van der Waals surface area contributed by atoms with Crippen LogP contribution in [0.15, 0.2) is 142 Å². The summed E-state index contributed by atoms with van der Waals surface area (Å²) in [5.74, 6) is 2.14. The average Bonchev–Trinajstić information content (AvgIpc) is 3.67. The molecule has 2 aliphatic heterocycles. The molecule has 0 aliphatic carbocycles. The van der Waals surface area contributed by atoms with Crippen LogP contribution in [-0.4, -0.2) is 51.6 Å². The first kappa shape index (κ1) is 69.2. The van der Waals surface area contributed by atoms with E-state index < -0.39 is 0 Å². The van der Waals surface area contributed by atoms with Gasteiger partial charge in [-0.15, -0.1) is 0 Å². The maximum Gasteiger partial charge on any atom is 0.495 e. The largest absolute Gasteiger partial charge is 0.495 e. The molecule has 468 valence electrons. The lowest BCUT2D eigenvalue weighted by molar-refractivity contribution is 0.00578. The van der Waals surface area contributed by atoms with E-state index in [4.69, 9.17) is 33.6 Å². The lowest BCUT2D eigenvalue weighted by atomic mass is 9.67. The highest BCUT2D eigenvalue weighted by Crippen LogP contribution is 2.39. The fourth-order valence-corrected chi connectivity index (χ4v) is 12.2. The molecular formula is C77H101B2Br2N3O4. The number of hydrogen-bond donors (Lipinski definition) is 0. The van der Waals surface area contributed by atoms with Gasteiger partial charge in [-0.1, -0.05) is 220 Å². The zero-order chi connectivity index (χ0) is 62.7. The topological polar surface area (TPSA) is 75.6 Å². The molecule has 6 aromatic carbocycles. The van der Waals surface area contributed by atoms with Gasteiger partial charge in [-0.2, -0.15) is 0 Å². The van der Waals surface area contributed by atoms with E-state index >= 15 is 0 Å². The van der Waals surface area contributed by atoms with E-state index in [-0.39, 0.29) is 36.6 Å². The van der Waals surface area contributed by atoms with Crippen molar-refractivity contribution in [3.8, 4) is 34.2 Å². The minimum Gasteiger partial charge on any atom is -0.399 e. The van der Waals surface area contributed by atoms with E-state index in [1.807, 2.05) is 0 Å². The van der Waals surface area contributed by atoms with E-state index in [1.54, 1.807) is 0 Å². The summed E-state index contributed by atoms with van der Waals surface area (Å²) in [5.41, 5.74) is 13.5. The van der Waals surface area contributed by atoms with Gasteiger partial charge in [0.2, 0.25) is 0 Å². The Balaban J connectivity index is 0.000000244. The molecule has 0 atom stereocenters. The van der Waals surface area contributed by atoms with Crippen molar-refractivity contribution in [1.82, 2.24) is 15.0 Å². The first-order valence-corrected chi connectivity index (χ1v) is 35.2. The zero-order valence-corrected chi connectivity index (χ0v) is 58.5. The standard InChI is InChI=1S/C47H49Br2N3.C30H52B2O4/c1-2-3-4-5-10-35-15-25-40(26-16-35)45-50-46(41-27-17-36(18-28-41)11-6-8-13-38-21-31-43(48)32-22-38)52-47(51-45)42-29-19-37(20-30-42)12-7-9-14-39-23-33-44(49)34-24-39;1-11-13-15-17-19-23-21-26(32-35-29(7,8)30(9,10)36-32)24(20-18-16-14-12-2)22-25(23)31-33-27(3,4)28(5,6)34-31/h15-34H,2-14H2,1H3;21-22H,11-20H2,1-10H3. The lowest BCUT2D eigenvalue weighted by Crippen LogP contribution is -2.43. The van der Waals surface area contributed by atoms with E-state index in [0.29, 0.717) is 17.5 Å². The quantitative estimate of drug-likeness (QED) is 0.0328. The molecule has 2 fully saturated rings. The van der Waals surface area contributed by atoms with E-state index in [2.05, 4.69) is 241 Å². The summed E-state index contributed by atoms with van der Waals surface area (Å²) in [5, 5.41) is 0. The summed E-state index contributed by atoms with van der Waals surface area (Å²) in [6.45, 7) is 23.9. The third-order valence-corrected chi connectivity index (χ3v) is 19.9. The summed E-state index contributed by atoms with van der Waals surface area (Å²) < 4.78 is 28.5. The highest BCUT2D eigenvalue weighted by Gasteiger charge is 2.54. The van der Waals surface area contributed by atoms with Crippen molar-refractivity contribution < 1.29 is 18.6 Å². The lowest BCUT2D eigenvalue weighted by Gasteiger charge is -2.32. The number of halogens is 2. The first-order chi connectivity index (χ1) is 42.3. The summed E-state index contributed by atoms with van der Waals surface area (Å²) in [4.78, 5) is 15.1. The molecule has 0 unspecified atom stereocenters. The van der Waals surface area contributed by atoms with Crippen molar-refractivity contribution in [2.45, 2.75) is 246 Å². The van der Waals surface area contributed by atoms with E-state index in [0.717, 1.165) is 83.4 Å². The first-order valence-electron chi connectivity index (χ1n) is 33.7. The molecule has 0 amide bonds. The van der Waals surface area contributed by atoms with Crippen LogP contribution in [-0.2, 0) is 63.6 Å². The van der Waals surface area contributed by atoms with Gasteiger partial charge >= 0.3 is 14.2 Å². The van der Waals surface area contributed by atoms with Crippen molar-refractivity contribution >= 4 is 57.0 Å². The fourth-order valence-electron chi connectivity index (χ4n) is 11.6. The summed E-state index contributed by atoms with van der Waals surface area (Å²) in [6, 6.07) is 48.5. The van der Waals surface area contributed by atoms with Crippen molar-refractivity contribution in [2.24, 2.45) is 0 Å². The second-order valence-corrected chi connectivity index (χ2v) is 28.8. The molecule has 7 aromatic rings. The molecule has 2 aliphatic rings. The summed E-state index contributed by atoms with van der Waals surface area (Å²) in [6.07, 6.45) is 27.0. The van der Waals surface area contributed by atoms with Crippen LogP contribution in [0, 0.1) is 0 Å². The van der Waals surface area contributed by atoms with Crippen LogP contribution in [0.5, 0.6) is 0 Å². The Morgan fingerprint density at radius 1 is 0.307 bits per heavy atom. The predicted molar refractivity (Wildman–Crippen MR) is 379 cm³/mol. The number of hydrogen-bond acceptors (Lipinski definition) is 7. The normalized spacial score (nSPS) is 15.6. The Kier molecular flexibility index (Phi) is 25.9. The van der Waals surface area contributed by atoms with Crippen LogP contribution >= 0.6 is 31.9 Å². The van der Waals surface area contributed by atoms with Crippen LogP contribution in [0.1, 0.15) is 218 Å². The van der Waals surface area contributed by atoms with Gasteiger partial charge in [-0.05, 0) is 219 Å². The van der Waals surface area contributed by atoms with Gasteiger partial charge in [0.05, 0.1) is 22.4 Å². The number of benzene rings is 6. The summed E-state index contributed by atoms with van der Waals surface area (Å²) >= 11 is 7.06. The van der Waals surface area contributed by atoms with Crippen LogP contribution < -0.4 is 10.9 Å². The molecule has 2 saturated heterocycles. The van der Waals surface area contributed by atoms with Gasteiger partial charge < -0.3 is 18.6 Å². The van der Waals surface area contributed by atoms with Crippen molar-refractivity contribution in [2.75, 3.05) is 0 Å². The molecule has 0 saturated carbocycles. The number of unbranched alkanes of at least 4 members (excludes halogenated alkanes) is 11. The number of aromatic nitrogens is 3.